The number of hydrogen-bond acceptors (Lipinski definition) is 7. The zero-order chi connectivity index (χ0) is 24.3. The first kappa shape index (κ1) is 25.9. The molecule has 0 bridgehead atoms. The molecule has 0 amide bonds. The number of nitrogens with zero attached hydrogens (tertiary/aromatic N) is 4. The number of hydrogen-bond donors (Lipinski definition) is 2. The number of thioether (sulfide) groups is 1. The Morgan fingerprint density at radius 3 is 1.62 bits per heavy atom. The van der Waals surface area contributed by atoms with E-state index in [1.165, 1.54) is 22.9 Å². The van der Waals surface area contributed by atoms with Crippen LogP contribution in [0.25, 0.3) is 0 Å². The lowest BCUT2D eigenvalue weighted by Crippen LogP contribution is -2.29. The van der Waals surface area contributed by atoms with Crippen molar-refractivity contribution < 1.29 is 0 Å². The van der Waals surface area contributed by atoms with Gasteiger partial charge in [0.15, 0.2) is 0 Å². The van der Waals surface area contributed by atoms with E-state index in [9.17, 15) is 0 Å². The first-order valence-electron chi connectivity index (χ1n) is 11.9. The number of thiocarbonyl (C=S) groups is 1. The molecular weight excluding hydrogens is 460 g/mol. The second kappa shape index (κ2) is 13.2. The molecular formula is C26H34N6S2. The minimum atomic E-state index is 0.479. The van der Waals surface area contributed by atoms with E-state index in [0.717, 1.165) is 54.5 Å². The van der Waals surface area contributed by atoms with Crippen LogP contribution < -0.4 is 10.6 Å². The molecule has 0 unspecified atom stereocenters. The van der Waals surface area contributed by atoms with E-state index in [4.69, 9.17) is 12.2 Å². The number of nitrogens with one attached hydrogen (secondary N) is 2. The van der Waals surface area contributed by atoms with Gasteiger partial charge in [-0.25, -0.2) is 0 Å². The fourth-order valence-electron chi connectivity index (χ4n) is 3.18. The number of aromatic nitrogens is 3. The van der Waals surface area contributed by atoms with E-state index in [0.29, 0.717) is 17.1 Å². The topological polar surface area (TPSA) is 66.0 Å². The van der Waals surface area contributed by atoms with Gasteiger partial charge in [0, 0.05) is 24.5 Å². The van der Waals surface area contributed by atoms with Gasteiger partial charge in [-0.1, -0.05) is 74.3 Å². The molecule has 0 spiro atoms. The highest BCUT2D eigenvalue weighted by molar-refractivity contribution is 8.22. The van der Waals surface area contributed by atoms with E-state index in [2.05, 4.69) is 82.4 Å². The SMILES string of the molecule is CCCCN(CCCC)C(=S)Sc1nc(Nc2ccc(C)cc2)nc(Nc2ccc(C)cc2)n1. The summed E-state index contributed by atoms with van der Waals surface area (Å²) in [4.78, 5) is 16.2. The van der Waals surface area contributed by atoms with Gasteiger partial charge in [-0.15, -0.1) is 0 Å². The number of anilines is 4. The van der Waals surface area contributed by atoms with Crippen molar-refractivity contribution in [2.24, 2.45) is 0 Å². The molecule has 6 nitrogen and oxygen atoms in total. The van der Waals surface area contributed by atoms with Crippen LogP contribution in [0, 0.1) is 13.8 Å². The standard InChI is InChI=1S/C26H34N6S2/c1-5-7-17-32(18-8-6-2)26(33)34-25-30-23(27-21-13-9-19(3)10-14-21)29-24(31-25)28-22-15-11-20(4)12-16-22/h9-16H,5-8,17-18H2,1-4H3,(H2,27,28,29,30,31). The molecule has 0 fully saturated rings. The third-order valence-electron chi connectivity index (χ3n) is 5.23. The lowest BCUT2D eigenvalue weighted by Gasteiger charge is -2.24. The molecule has 34 heavy (non-hydrogen) atoms. The second-order valence-electron chi connectivity index (χ2n) is 8.31. The largest absolute Gasteiger partial charge is 0.357 e. The molecule has 0 aliphatic carbocycles. The highest BCUT2D eigenvalue weighted by atomic mass is 32.2. The van der Waals surface area contributed by atoms with Crippen LogP contribution in [0.5, 0.6) is 0 Å². The van der Waals surface area contributed by atoms with Gasteiger partial charge in [0.1, 0.15) is 4.32 Å². The molecule has 0 atom stereocenters. The van der Waals surface area contributed by atoms with Crippen molar-refractivity contribution in [1.82, 2.24) is 19.9 Å². The first-order valence-corrected chi connectivity index (χ1v) is 13.1. The summed E-state index contributed by atoms with van der Waals surface area (Å²) in [6, 6.07) is 16.3. The second-order valence-corrected chi connectivity index (χ2v) is 9.91. The molecule has 3 rings (SSSR count). The van der Waals surface area contributed by atoms with Gasteiger partial charge in [-0.2, -0.15) is 15.0 Å². The first-order chi connectivity index (χ1) is 16.5. The van der Waals surface area contributed by atoms with E-state index >= 15 is 0 Å². The molecule has 0 saturated carbocycles. The molecule has 0 saturated heterocycles. The molecule has 0 aliphatic heterocycles. The maximum absolute atomic E-state index is 5.81. The van der Waals surface area contributed by atoms with Crippen LogP contribution in [0.3, 0.4) is 0 Å². The summed E-state index contributed by atoms with van der Waals surface area (Å²) in [7, 11) is 0. The molecule has 2 aromatic carbocycles. The van der Waals surface area contributed by atoms with Crippen LogP contribution in [-0.2, 0) is 0 Å². The van der Waals surface area contributed by atoms with Crippen LogP contribution in [-0.4, -0.2) is 37.3 Å². The number of unbranched alkanes of at least 4 members (excludes halogenated alkanes) is 2. The van der Waals surface area contributed by atoms with Crippen molar-refractivity contribution >= 4 is 51.6 Å². The molecule has 3 aromatic rings. The monoisotopic (exact) mass is 494 g/mol. The van der Waals surface area contributed by atoms with Crippen molar-refractivity contribution in [2.45, 2.75) is 58.5 Å². The van der Waals surface area contributed by atoms with Gasteiger partial charge in [-0.3, -0.25) is 0 Å². The Bertz CT molecular complexity index is 980. The third-order valence-corrected chi connectivity index (χ3v) is 6.54. The number of benzene rings is 2. The Labute approximate surface area is 213 Å². The molecule has 180 valence electrons. The minimum Gasteiger partial charge on any atom is -0.357 e. The molecule has 1 heterocycles. The van der Waals surface area contributed by atoms with Crippen molar-refractivity contribution in [1.29, 1.82) is 0 Å². The van der Waals surface area contributed by atoms with Gasteiger partial charge < -0.3 is 15.5 Å². The lowest BCUT2D eigenvalue weighted by molar-refractivity contribution is 0.410. The van der Waals surface area contributed by atoms with E-state index in [1.54, 1.807) is 0 Å². The molecule has 0 radical (unpaired) electrons. The average Bonchev–Trinajstić information content (AvgIpc) is 2.82. The quantitative estimate of drug-likeness (QED) is 0.213. The maximum atomic E-state index is 5.81. The summed E-state index contributed by atoms with van der Waals surface area (Å²) >= 11 is 7.23. The summed E-state index contributed by atoms with van der Waals surface area (Å²) in [6.45, 7) is 10.4. The Balaban J connectivity index is 1.84. The lowest BCUT2D eigenvalue weighted by atomic mass is 10.2. The van der Waals surface area contributed by atoms with Crippen LogP contribution >= 0.6 is 24.0 Å². The van der Waals surface area contributed by atoms with Crippen molar-refractivity contribution in [2.75, 3.05) is 23.7 Å². The third kappa shape index (κ3) is 8.25. The fourth-order valence-corrected chi connectivity index (χ4v) is 4.32. The fraction of sp³-hybridized carbons (Fsp3) is 0.385. The molecule has 0 aliphatic rings. The zero-order valence-electron chi connectivity index (χ0n) is 20.5. The highest BCUT2D eigenvalue weighted by Crippen LogP contribution is 2.24. The molecule has 8 heteroatoms. The van der Waals surface area contributed by atoms with Gasteiger partial charge >= 0.3 is 0 Å². The predicted molar refractivity (Wildman–Crippen MR) is 149 cm³/mol. The van der Waals surface area contributed by atoms with Crippen LogP contribution in [0.4, 0.5) is 23.3 Å². The predicted octanol–water partition coefficient (Wildman–Crippen LogP) is 7.25. The number of rotatable bonds is 11. The average molecular weight is 495 g/mol. The molecule has 2 N–H and O–H groups in total. The zero-order valence-corrected chi connectivity index (χ0v) is 22.1. The van der Waals surface area contributed by atoms with Crippen molar-refractivity contribution in [3.8, 4) is 0 Å². The van der Waals surface area contributed by atoms with Gasteiger partial charge in [0.05, 0.1) is 0 Å². The van der Waals surface area contributed by atoms with Gasteiger partial charge in [0.25, 0.3) is 0 Å². The van der Waals surface area contributed by atoms with Crippen LogP contribution in [0.15, 0.2) is 53.7 Å². The van der Waals surface area contributed by atoms with E-state index in [-0.39, 0.29) is 0 Å². The summed E-state index contributed by atoms with van der Waals surface area (Å²) in [5.74, 6) is 0.958. The van der Waals surface area contributed by atoms with E-state index in [1.807, 2.05) is 24.3 Å². The maximum Gasteiger partial charge on any atom is 0.233 e. The Morgan fingerprint density at radius 1 is 0.765 bits per heavy atom. The smallest absolute Gasteiger partial charge is 0.233 e. The molecule has 1 aromatic heterocycles. The highest BCUT2D eigenvalue weighted by Gasteiger charge is 2.15. The summed E-state index contributed by atoms with van der Waals surface area (Å²) in [5.41, 5.74) is 4.24. The minimum absolute atomic E-state index is 0.479. The van der Waals surface area contributed by atoms with Gasteiger partial charge in [0.2, 0.25) is 17.1 Å². The van der Waals surface area contributed by atoms with Crippen LogP contribution in [0.2, 0.25) is 0 Å². The van der Waals surface area contributed by atoms with Crippen LogP contribution in [0.1, 0.15) is 50.7 Å². The van der Waals surface area contributed by atoms with Crippen molar-refractivity contribution in [3.05, 3.63) is 59.7 Å². The Kier molecular flexibility index (Phi) is 10.1. The normalized spacial score (nSPS) is 10.7. The van der Waals surface area contributed by atoms with Crippen molar-refractivity contribution in [3.63, 3.8) is 0 Å². The number of aryl methyl sites for hydroxylation is 2. The van der Waals surface area contributed by atoms with E-state index < -0.39 is 0 Å². The summed E-state index contributed by atoms with van der Waals surface area (Å²) in [5, 5.41) is 7.18. The summed E-state index contributed by atoms with van der Waals surface area (Å²) in [6.07, 6.45) is 4.50. The summed E-state index contributed by atoms with van der Waals surface area (Å²) < 4.78 is 0.802. The Morgan fingerprint density at radius 2 is 1.21 bits per heavy atom. The Hall–Kier alpha value is -2.71. The van der Waals surface area contributed by atoms with Gasteiger partial charge in [-0.05, 0) is 62.7 Å².